The molecule has 32 heavy (non-hydrogen) atoms. The fourth-order valence-electron chi connectivity index (χ4n) is 3.70. The fourth-order valence-corrected chi connectivity index (χ4v) is 3.70. The highest BCUT2D eigenvalue weighted by molar-refractivity contribution is 5.92. The van der Waals surface area contributed by atoms with Gasteiger partial charge in [0, 0.05) is 25.3 Å². The van der Waals surface area contributed by atoms with E-state index in [1.54, 1.807) is 0 Å². The second kappa shape index (κ2) is 7.87. The number of anilines is 2. The minimum atomic E-state index is -1.62. The summed E-state index contributed by atoms with van der Waals surface area (Å²) < 4.78 is 44.2. The molecule has 1 fully saturated rings. The van der Waals surface area contributed by atoms with Gasteiger partial charge in [-0.1, -0.05) is 0 Å². The molecule has 1 amide bonds. The van der Waals surface area contributed by atoms with Crippen molar-refractivity contribution in [2.45, 2.75) is 12.5 Å². The predicted octanol–water partition coefficient (Wildman–Crippen LogP) is 1.41. The molecule has 1 aliphatic rings. The first-order valence-corrected chi connectivity index (χ1v) is 9.40. The Balaban J connectivity index is 1.99. The van der Waals surface area contributed by atoms with Gasteiger partial charge in [0.25, 0.3) is 0 Å². The number of carboxylic acid groups (broad SMARTS) is 1. The van der Waals surface area contributed by atoms with Crippen molar-refractivity contribution in [2.24, 2.45) is 0 Å². The number of hydrogen-bond acceptors (Lipinski definition) is 6. The van der Waals surface area contributed by atoms with Crippen LogP contribution in [-0.4, -0.2) is 46.2 Å². The van der Waals surface area contributed by atoms with E-state index < -0.39 is 45.5 Å². The molecule has 4 rings (SSSR count). The van der Waals surface area contributed by atoms with Gasteiger partial charge in [0.05, 0.1) is 11.1 Å². The van der Waals surface area contributed by atoms with Crippen LogP contribution in [0.3, 0.4) is 0 Å². The van der Waals surface area contributed by atoms with Gasteiger partial charge in [-0.2, -0.15) is 0 Å². The Morgan fingerprint density at radius 1 is 1.28 bits per heavy atom. The van der Waals surface area contributed by atoms with Crippen LogP contribution < -0.4 is 21.4 Å². The summed E-state index contributed by atoms with van der Waals surface area (Å²) in [5.41, 5.74) is 2.23. The topological polar surface area (TPSA) is 131 Å². The van der Waals surface area contributed by atoms with Crippen molar-refractivity contribution in [3.8, 4) is 5.69 Å². The molecule has 1 saturated heterocycles. The van der Waals surface area contributed by atoms with Gasteiger partial charge in [-0.15, -0.1) is 0 Å². The number of hydrogen-bond donors (Lipinski definition) is 3. The smallest absolute Gasteiger partial charge is 0.341 e. The van der Waals surface area contributed by atoms with Gasteiger partial charge in [0.2, 0.25) is 11.8 Å². The van der Waals surface area contributed by atoms with E-state index in [0.717, 1.165) is 29.0 Å². The number of nitrogens with zero attached hydrogens (tertiary/aromatic N) is 3. The summed E-state index contributed by atoms with van der Waals surface area (Å²) in [5, 5.41) is 11.6. The number of carboxylic acids is 1. The van der Waals surface area contributed by atoms with Crippen LogP contribution in [0.2, 0.25) is 0 Å². The lowest BCUT2D eigenvalue weighted by molar-refractivity contribution is -0.110. The van der Waals surface area contributed by atoms with Crippen LogP contribution in [0.15, 0.2) is 29.2 Å². The van der Waals surface area contributed by atoms with Gasteiger partial charge in [-0.3, -0.25) is 14.2 Å². The third-order valence-corrected chi connectivity index (χ3v) is 5.30. The fraction of sp³-hybridized carbons (Fsp3) is 0.200. The van der Waals surface area contributed by atoms with Crippen molar-refractivity contribution in [3.05, 3.63) is 57.6 Å². The Bertz CT molecular complexity index is 1330. The molecule has 1 atom stereocenters. The number of carbonyl (C=O) groups is 2. The van der Waals surface area contributed by atoms with Crippen molar-refractivity contribution in [1.82, 2.24) is 14.9 Å². The number of nitrogens with one attached hydrogen (secondary N) is 1. The standard InChI is InChI=1S/C20H16F3N5O4/c21-12-1-2-14(15(23)16(12)24)28-7-11(20(31)32)17(30)10-5-13(22)19(26-18(10)28)27-4-3-9(6-27)25-8-29/h1-2,5,7-9H,3-4,6,24H2,(H,25,29)(H,31,32)/t9-/m0/s1. The highest BCUT2D eigenvalue weighted by Crippen LogP contribution is 2.28. The molecule has 3 aromatic rings. The van der Waals surface area contributed by atoms with E-state index >= 15 is 0 Å². The Labute approximate surface area is 177 Å². The number of benzene rings is 1. The van der Waals surface area contributed by atoms with Gasteiger partial charge in [0.15, 0.2) is 23.1 Å². The summed E-state index contributed by atoms with van der Waals surface area (Å²) in [6.07, 6.45) is 1.88. The number of halogens is 3. The van der Waals surface area contributed by atoms with E-state index in [4.69, 9.17) is 5.73 Å². The molecule has 9 nitrogen and oxygen atoms in total. The van der Waals surface area contributed by atoms with Gasteiger partial charge in [0.1, 0.15) is 17.1 Å². The monoisotopic (exact) mass is 447 g/mol. The molecule has 0 unspecified atom stereocenters. The van der Waals surface area contributed by atoms with Gasteiger partial charge >= 0.3 is 5.97 Å². The lowest BCUT2D eigenvalue weighted by atomic mass is 10.1. The summed E-state index contributed by atoms with van der Waals surface area (Å²) >= 11 is 0. The number of rotatable bonds is 5. The summed E-state index contributed by atoms with van der Waals surface area (Å²) in [6.45, 7) is 0.583. The summed E-state index contributed by atoms with van der Waals surface area (Å²) in [6, 6.07) is 2.46. The maximum absolute atomic E-state index is 14.9. The van der Waals surface area contributed by atoms with Gasteiger partial charge in [-0.05, 0) is 24.6 Å². The Morgan fingerprint density at radius 2 is 2.03 bits per heavy atom. The first-order valence-electron chi connectivity index (χ1n) is 9.40. The summed E-state index contributed by atoms with van der Waals surface area (Å²) in [4.78, 5) is 40.6. The van der Waals surface area contributed by atoms with Crippen LogP contribution in [0, 0.1) is 17.5 Å². The minimum absolute atomic E-state index is 0.167. The van der Waals surface area contributed by atoms with E-state index in [1.807, 2.05) is 0 Å². The van der Waals surface area contributed by atoms with Crippen LogP contribution in [0.5, 0.6) is 0 Å². The van der Waals surface area contributed by atoms with Crippen molar-refractivity contribution < 1.29 is 27.9 Å². The van der Waals surface area contributed by atoms with Crippen molar-refractivity contribution in [3.63, 3.8) is 0 Å². The number of carbonyl (C=O) groups excluding carboxylic acids is 1. The van der Waals surface area contributed by atoms with Gasteiger partial charge in [-0.25, -0.2) is 22.9 Å². The first-order chi connectivity index (χ1) is 15.2. The quantitative estimate of drug-likeness (QED) is 0.398. The zero-order chi connectivity index (χ0) is 23.2. The van der Waals surface area contributed by atoms with E-state index in [2.05, 4.69) is 10.3 Å². The number of aromatic nitrogens is 2. The molecule has 4 N–H and O–H groups in total. The molecule has 2 aromatic heterocycles. The average Bonchev–Trinajstić information content (AvgIpc) is 3.21. The largest absolute Gasteiger partial charge is 0.477 e. The third kappa shape index (κ3) is 3.39. The Kier molecular flexibility index (Phi) is 5.20. The van der Waals surface area contributed by atoms with E-state index in [0.29, 0.717) is 19.4 Å². The maximum Gasteiger partial charge on any atom is 0.341 e. The molecule has 3 heterocycles. The van der Waals surface area contributed by atoms with Crippen molar-refractivity contribution in [2.75, 3.05) is 23.7 Å². The molecule has 12 heteroatoms. The zero-order valence-corrected chi connectivity index (χ0v) is 16.3. The van der Waals surface area contributed by atoms with E-state index in [-0.39, 0.29) is 29.7 Å². The van der Waals surface area contributed by atoms with Crippen molar-refractivity contribution in [1.29, 1.82) is 0 Å². The molecule has 0 bridgehead atoms. The van der Waals surface area contributed by atoms with Crippen LogP contribution in [-0.2, 0) is 4.79 Å². The molecule has 0 saturated carbocycles. The number of nitrogens with two attached hydrogens (primary N) is 1. The number of aromatic carboxylic acids is 1. The van der Waals surface area contributed by atoms with Crippen LogP contribution in [0.25, 0.3) is 16.7 Å². The molecule has 0 aliphatic carbocycles. The maximum atomic E-state index is 14.9. The average molecular weight is 447 g/mol. The first kappa shape index (κ1) is 21.2. The number of nitrogen functional groups attached to an aromatic ring is 1. The van der Waals surface area contributed by atoms with E-state index in [1.165, 1.54) is 4.90 Å². The molecular weight excluding hydrogens is 431 g/mol. The number of amides is 1. The Morgan fingerprint density at radius 3 is 2.72 bits per heavy atom. The van der Waals surface area contributed by atoms with Crippen LogP contribution in [0.1, 0.15) is 16.8 Å². The summed E-state index contributed by atoms with van der Waals surface area (Å²) in [5.74, 6) is -4.90. The number of pyridine rings is 2. The normalized spacial score (nSPS) is 15.8. The highest BCUT2D eigenvalue weighted by atomic mass is 19.1. The molecule has 1 aromatic carbocycles. The molecule has 0 spiro atoms. The molecule has 166 valence electrons. The minimum Gasteiger partial charge on any atom is -0.477 e. The highest BCUT2D eigenvalue weighted by Gasteiger charge is 2.27. The lowest BCUT2D eigenvalue weighted by Gasteiger charge is -2.20. The van der Waals surface area contributed by atoms with Gasteiger partial charge < -0.3 is 21.1 Å². The van der Waals surface area contributed by atoms with Crippen LogP contribution >= 0.6 is 0 Å². The van der Waals surface area contributed by atoms with E-state index in [9.17, 15) is 32.7 Å². The molecule has 0 radical (unpaired) electrons. The zero-order valence-electron chi connectivity index (χ0n) is 16.3. The molecule has 1 aliphatic heterocycles. The van der Waals surface area contributed by atoms with Crippen LogP contribution in [0.4, 0.5) is 24.7 Å². The SMILES string of the molecule is Nc1c(F)ccc(-n2cc(C(=O)O)c(=O)c3cc(F)c(N4CC[C@H](NC=O)C4)nc32)c1F. The second-order valence-corrected chi connectivity index (χ2v) is 7.22. The number of fused-ring (bicyclic) bond motifs is 1. The lowest BCUT2D eigenvalue weighted by Crippen LogP contribution is -2.32. The summed E-state index contributed by atoms with van der Waals surface area (Å²) in [7, 11) is 0. The third-order valence-electron chi connectivity index (χ3n) is 5.30. The Hall–Kier alpha value is -4.09. The second-order valence-electron chi connectivity index (χ2n) is 7.22. The molecular formula is C20H16F3N5O4. The predicted molar refractivity (Wildman–Crippen MR) is 108 cm³/mol. The van der Waals surface area contributed by atoms with Crippen molar-refractivity contribution >= 4 is 34.9 Å².